The minimum Gasteiger partial charge on any atom is -0.457 e. The smallest absolute Gasteiger partial charge is 0.228 e. The van der Waals surface area contributed by atoms with E-state index in [1.807, 2.05) is 60.1 Å². The summed E-state index contributed by atoms with van der Waals surface area (Å²) >= 11 is 1.60. The number of nitrogens with one attached hydrogen (secondary N) is 1. The van der Waals surface area contributed by atoms with E-state index in [0.29, 0.717) is 6.54 Å². The van der Waals surface area contributed by atoms with Crippen molar-refractivity contribution in [2.75, 3.05) is 0 Å². The maximum atomic E-state index is 12.6. The van der Waals surface area contributed by atoms with Gasteiger partial charge in [-0.15, -0.1) is 11.3 Å². The van der Waals surface area contributed by atoms with E-state index in [1.165, 1.54) is 0 Å². The van der Waals surface area contributed by atoms with Crippen LogP contribution in [-0.2, 0) is 17.8 Å². The summed E-state index contributed by atoms with van der Waals surface area (Å²) in [5.74, 6) is 1.64. The van der Waals surface area contributed by atoms with Gasteiger partial charge in [0.25, 0.3) is 0 Å². The van der Waals surface area contributed by atoms with Gasteiger partial charge in [0.05, 0.1) is 17.1 Å². The quantitative estimate of drug-likeness (QED) is 0.716. The Balaban J connectivity index is 1.34. The molecule has 5 heteroatoms. The van der Waals surface area contributed by atoms with Gasteiger partial charge >= 0.3 is 0 Å². The molecule has 1 aliphatic carbocycles. The summed E-state index contributed by atoms with van der Waals surface area (Å²) in [5.41, 5.74) is 4.00. The number of carbonyl (C=O) groups is 1. The van der Waals surface area contributed by atoms with E-state index in [9.17, 15) is 4.79 Å². The van der Waals surface area contributed by atoms with Gasteiger partial charge in [-0.2, -0.15) is 0 Å². The highest BCUT2D eigenvalue weighted by molar-refractivity contribution is 7.10. The zero-order valence-corrected chi connectivity index (χ0v) is 15.2. The molecular weight excluding hydrogens is 344 g/mol. The number of aromatic nitrogens is 1. The summed E-state index contributed by atoms with van der Waals surface area (Å²) in [5, 5.41) is 3.07. The fourth-order valence-corrected chi connectivity index (χ4v) is 4.19. The van der Waals surface area contributed by atoms with Crippen molar-refractivity contribution in [2.24, 2.45) is 0 Å². The summed E-state index contributed by atoms with van der Waals surface area (Å²) in [7, 11) is 0. The highest BCUT2D eigenvalue weighted by Gasteiger charge is 2.28. The van der Waals surface area contributed by atoms with Crippen LogP contribution in [0.4, 0.5) is 0 Å². The van der Waals surface area contributed by atoms with E-state index in [2.05, 4.69) is 10.3 Å². The first kappa shape index (κ1) is 16.8. The molecule has 1 heterocycles. The van der Waals surface area contributed by atoms with Gasteiger partial charge in [-0.3, -0.25) is 4.79 Å². The lowest BCUT2D eigenvalue weighted by Crippen LogP contribution is -2.30. The second-order valence-electron chi connectivity index (χ2n) is 6.38. The molecule has 4 rings (SSSR count). The number of rotatable bonds is 5. The first-order valence-corrected chi connectivity index (χ1v) is 9.69. The zero-order valence-electron chi connectivity index (χ0n) is 14.4. The van der Waals surface area contributed by atoms with Crippen LogP contribution in [0.5, 0.6) is 11.5 Å². The van der Waals surface area contributed by atoms with E-state index in [-0.39, 0.29) is 11.8 Å². The molecule has 0 spiro atoms. The molecule has 0 aliphatic heterocycles. The van der Waals surface area contributed by atoms with Crippen molar-refractivity contribution < 1.29 is 9.53 Å². The number of amides is 1. The molecule has 2 aromatic carbocycles. The number of para-hydroxylation sites is 1. The molecule has 4 nitrogen and oxygen atoms in total. The van der Waals surface area contributed by atoms with Gasteiger partial charge in [0.1, 0.15) is 11.5 Å². The molecule has 0 saturated carbocycles. The lowest BCUT2D eigenvalue weighted by Gasteiger charge is -2.20. The second-order valence-corrected chi connectivity index (χ2v) is 7.27. The Morgan fingerprint density at radius 3 is 2.69 bits per heavy atom. The Morgan fingerprint density at radius 1 is 1.12 bits per heavy atom. The van der Waals surface area contributed by atoms with Crippen LogP contribution in [0.25, 0.3) is 0 Å². The lowest BCUT2D eigenvalue weighted by molar-refractivity contribution is -0.123. The molecule has 1 amide bonds. The highest BCUT2D eigenvalue weighted by Crippen LogP contribution is 2.34. The van der Waals surface area contributed by atoms with Crippen LogP contribution in [0, 0.1) is 0 Å². The minimum absolute atomic E-state index is 0.0491. The van der Waals surface area contributed by atoms with E-state index in [0.717, 1.165) is 46.9 Å². The molecule has 1 unspecified atom stereocenters. The van der Waals surface area contributed by atoms with Gasteiger partial charge < -0.3 is 10.1 Å². The number of aryl methyl sites for hydroxylation is 1. The Hall–Kier alpha value is -2.66. The van der Waals surface area contributed by atoms with Crippen LogP contribution in [0.2, 0.25) is 0 Å². The number of carbonyl (C=O) groups excluding carboxylic acids is 1. The maximum absolute atomic E-state index is 12.6. The summed E-state index contributed by atoms with van der Waals surface area (Å²) in [6, 6.07) is 17.5. The van der Waals surface area contributed by atoms with Crippen LogP contribution in [0.1, 0.15) is 34.9 Å². The molecule has 0 saturated heterocycles. The standard InChI is InChI=1S/C21H20N2O2S/c24-21(18-7-4-8-19-20(18)26-14-23-19)22-13-15-9-11-17(12-10-15)25-16-5-2-1-3-6-16/h1-3,5-6,9-12,14,18H,4,7-8,13H2,(H,22,24). The van der Waals surface area contributed by atoms with Crippen LogP contribution < -0.4 is 10.1 Å². The van der Waals surface area contributed by atoms with Crippen LogP contribution in [0.15, 0.2) is 60.1 Å². The fourth-order valence-electron chi connectivity index (χ4n) is 3.22. The highest BCUT2D eigenvalue weighted by atomic mass is 32.1. The maximum Gasteiger partial charge on any atom is 0.228 e. The third-order valence-corrected chi connectivity index (χ3v) is 5.57. The van der Waals surface area contributed by atoms with Crippen molar-refractivity contribution in [3.05, 3.63) is 76.2 Å². The number of ether oxygens (including phenoxy) is 1. The molecule has 26 heavy (non-hydrogen) atoms. The molecule has 1 aliphatic rings. The zero-order chi connectivity index (χ0) is 17.8. The van der Waals surface area contributed by atoms with Gasteiger partial charge in [-0.1, -0.05) is 30.3 Å². The molecule has 0 radical (unpaired) electrons. The van der Waals surface area contributed by atoms with E-state index < -0.39 is 0 Å². The second kappa shape index (κ2) is 7.70. The van der Waals surface area contributed by atoms with Gasteiger partial charge in [-0.25, -0.2) is 4.98 Å². The summed E-state index contributed by atoms with van der Waals surface area (Å²) < 4.78 is 5.79. The van der Waals surface area contributed by atoms with Gasteiger partial charge in [0.2, 0.25) is 5.91 Å². The van der Waals surface area contributed by atoms with Crippen molar-refractivity contribution in [3.8, 4) is 11.5 Å². The normalized spacial score (nSPS) is 15.9. The average Bonchev–Trinajstić information content (AvgIpc) is 3.17. The van der Waals surface area contributed by atoms with Gasteiger partial charge in [-0.05, 0) is 49.1 Å². The summed E-state index contributed by atoms with van der Waals surface area (Å²) in [6.45, 7) is 0.523. The number of thiazole rings is 1. The molecule has 1 atom stereocenters. The van der Waals surface area contributed by atoms with Gasteiger partial charge in [0.15, 0.2) is 0 Å². The van der Waals surface area contributed by atoms with Crippen molar-refractivity contribution in [1.82, 2.24) is 10.3 Å². The molecule has 0 fully saturated rings. The van der Waals surface area contributed by atoms with Crippen molar-refractivity contribution in [1.29, 1.82) is 0 Å². The first-order valence-electron chi connectivity index (χ1n) is 8.81. The number of hydrogen-bond acceptors (Lipinski definition) is 4. The SMILES string of the molecule is O=C(NCc1ccc(Oc2ccccc2)cc1)C1CCCc2ncsc21. The first-order chi connectivity index (χ1) is 12.8. The number of nitrogens with zero attached hydrogens (tertiary/aromatic N) is 1. The monoisotopic (exact) mass is 364 g/mol. The number of fused-ring (bicyclic) bond motifs is 1. The summed E-state index contributed by atoms with van der Waals surface area (Å²) in [4.78, 5) is 18.1. The van der Waals surface area contributed by atoms with Crippen molar-refractivity contribution >= 4 is 17.2 Å². The Morgan fingerprint density at radius 2 is 1.88 bits per heavy atom. The molecule has 0 bridgehead atoms. The molecule has 132 valence electrons. The number of hydrogen-bond donors (Lipinski definition) is 1. The van der Waals surface area contributed by atoms with Gasteiger partial charge in [0, 0.05) is 11.4 Å². The molecule has 1 aromatic heterocycles. The van der Waals surface area contributed by atoms with E-state index >= 15 is 0 Å². The number of benzene rings is 2. The summed E-state index contributed by atoms with van der Waals surface area (Å²) in [6.07, 6.45) is 2.93. The average molecular weight is 364 g/mol. The Bertz CT molecular complexity index is 875. The third kappa shape index (κ3) is 3.78. The van der Waals surface area contributed by atoms with E-state index in [1.54, 1.807) is 11.3 Å². The van der Waals surface area contributed by atoms with E-state index in [4.69, 9.17) is 4.74 Å². The van der Waals surface area contributed by atoms with Crippen LogP contribution in [-0.4, -0.2) is 10.9 Å². The topological polar surface area (TPSA) is 51.2 Å². The Labute approximate surface area is 156 Å². The third-order valence-electron chi connectivity index (χ3n) is 4.58. The van der Waals surface area contributed by atoms with Crippen molar-refractivity contribution in [2.45, 2.75) is 31.7 Å². The predicted octanol–water partition coefficient (Wildman–Crippen LogP) is 4.67. The van der Waals surface area contributed by atoms with Crippen LogP contribution in [0.3, 0.4) is 0 Å². The fraction of sp³-hybridized carbons (Fsp3) is 0.238. The molecule has 1 N–H and O–H groups in total. The predicted molar refractivity (Wildman–Crippen MR) is 103 cm³/mol. The lowest BCUT2D eigenvalue weighted by atomic mass is 9.91. The van der Waals surface area contributed by atoms with Crippen LogP contribution >= 0.6 is 11.3 Å². The van der Waals surface area contributed by atoms with Crippen molar-refractivity contribution in [3.63, 3.8) is 0 Å². The largest absolute Gasteiger partial charge is 0.457 e. The minimum atomic E-state index is -0.0491. The molecular formula is C21H20N2O2S. The Kier molecular flexibility index (Phi) is 4.97. The molecule has 3 aromatic rings.